The molecule has 0 saturated carbocycles. The first-order chi connectivity index (χ1) is 11.8. The van der Waals surface area contributed by atoms with Crippen LogP contribution in [0.3, 0.4) is 0 Å². The first-order valence-corrected chi connectivity index (χ1v) is 8.21. The van der Waals surface area contributed by atoms with Crippen LogP contribution in [-0.4, -0.2) is 23.1 Å². The van der Waals surface area contributed by atoms with Crippen molar-refractivity contribution < 1.29 is 19.7 Å². The summed E-state index contributed by atoms with van der Waals surface area (Å²) in [5, 5.41) is 19.6. The summed E-state index contributed by atoms with van der Waals surface area (Å²) >= 11 is 0. The Morgan fingerprint density at radius 1 is 1.16 bits per heavy atom. The maximum atomic E-state index is 12.3. The smallest absolute Gasteiger partial charge is 0.185 e. The molecular formula is C21H24O4. The molecule has 0 amide bonds. The molecule has 0 bridgehead atoms. The molecule has 0 atom stereocenters. The standard InChI is InChI=1S/C21H24O4/c1-5-21(2,3)17-12-15(20(25-4)13-19(17)24)8-11-18(23)14-6-9-16(22)10-7-14/h6-13,22,24H,5H2,1-4H3. The highest BCUT2D eigenvalue weighted by Gasteiger charge is 2.23. The summed E-state index contributed by atoms with van der Waals surface area (Å²) in [6.45, 7) is 6.18. The van der Waals surface area contributed by atoms with Gasteiger partial charge in [-0.3, -0.25) is 4.79 Å². The summed E-state index contributed by atoms with van der Waals surface area (Å²) in [6, 6.07) is 9.53. The Morgan fingerprint density at radius 2 is 1.80 bits per heavy atom. The number of phenolic OH excluding ortho intramolecular Hbond substituents is 2. The fourth-order valence-electron chi connectivity index (χ4n) is 2.51. The Labute approximate surface area is 148 Å². The van der Waals surface area contributed by atoms with Crippen molar-refractivity contribution in [2.75, 3.05) is 7.11 Å². The first-order valence-electron chi connectivity index (χ1n) is 8.21. The molecule has 0 aliphatic carbocycles. The molecule has 0 aromatic heterocycles. The molecule has 0 saturated heterocycles. The van der Waals surface area contributed by atoms with Gasteiger partial charge in [0.25, 0.3) is 0 Å². The maximum absolute atomic E-state index is 12.3. The Kier molecular flexibility index (Phi) is 5.52. The number of ketones is 1. The summed E-state index contributed by atoms with van der Waals surface area (Å²) < 4.78 is 5.33. The van der Waals surface area contributed by atoms with Crippen LogP contribution >= 0.6 is 0 Å². The molecule has 0 heterocycles. The van der Waals surface area contributed by atoms with Gasteiger partial charge in [-0.1, -0.05) is 20.8 Å². The van der Waals surface area contributed by atoms with E-state index >= 15 is 0 Å². The van der Waals surface area contributed by atoms with Crippen molar-refractivity contribution in [1.29, 1.82) is 0 Å². The van der Waals surface area contributed by atoms with Crippen LogP contribution in [0.2, 0.25) is 0 Å². The summed E-state index contributed by atoms with van der Waals surface area (Å²) in [6.07, 6.45) is 4.01. The van der Waals surface area contributed by atoms with Crippen LogP contribution in [0.5, 0.6) is 17.2 Å². The zero-order chi connectivity index (χ0) is 18.6. The van der Waals surface area contributed by atoms with Crippen molar-refractivity contribution in [3.8, 4) is 17.2 Å². The Bertz CT molecular complexity index is 786. The number of carbonyl (C=O) groups excluding carboxylic acids is 1. The molecule has 25 heavy (non-hydrogen) atoms. The fourth-order valence-corrected chi connectivity index (χ4v) is 2.51. The number of benzene rings is 2. The minimum Gasteiger partial charge on any atom is -0.508 e. The Balaban J connectivity index is 2.38. The predicted molar refractivity (Wildman–Crippen MR) is 99.4 cm³/mol. The Hall–Kier alpha value is -2.75. The minimum atomic E-state index is -0.195. The monoisotopic (exact) mass is 340 g/mol. The van der Waals surface area contributed by atoms with Crippen LogP contribution in [0.1, 0.15) is 48.7 Å². The van der Waals surface area contributed by atoms with Crippen LogP contribution < -0.4 is 4.74 Å². The van der Waals surface area contributed by atoms with Crippen molar-refractivity contribution in [3.63, 3.8) is 0 Å². The molecule has 0 unspecified atom stereocenters. The number of hydrogen-bond donors (Lipinski definition) is 2. The molecule has 0 radical (unpaired) electrons. The van der Waals surface area contributed by atoms with Crippen molar-refractivity contribution in [2.45, 2.75) is 32.6 Å². The highest BCUT2D eigenvalue weighted by atomic mass is 16.5. The van der Waals surface area contributed by atoms with Gasteiger partial charge >= 0.3 is 0 Å². The van der Waals surface area contributed by atoms with Crippen molar-refractivity contribution in [3.05, 3.63) is 59.2 Å². The zero-order valence-corrected chi connectivity index (χ0v) is 15.0. The van der Waals surface area contributed by atoms with Gasteiger partial charge in [0.15, 0.2) is 5.78 Å². The number of methoxy groups -OCH3 is 1. The van der Waals surface area contributed by atoms with Gasteiger partial charge in [0.2, 0.25) is 0 Å². The van der Waals surface area contributed by atoms with Gasteiger partial charge in [0.1, 0.15) is 17.2 Å². The molecule has 0 aliphatic heterocycles. The van der Waals surface area contributed by atoms with Crippen LogP contribution in [-0.2, 0) is 5.41 Å². The lowest BCUT2D eigenvalue weighted by atomic mass is 9.81. The highest BCUT2D eigenvalue weighted by molar-refractivity contribution is 6.07. The van der Waals surface area contributed by atoms with E-state index in [9.17, 15) is 15.0 Å². The van der Waals surface area contributed by atoms with Gasteiger partial charge in [0, 0.05) is 22.8 Å². The lowest BCUT2D eigenvalue weighted by Gasteiger charge is -2.25. The van der Waals surface area contributed by atoms with E-state index in [4.69, 9.17) is 4.74 Å². The largest absolute Gasteiger partial charge is 0.508 e. The third kappa shape index (κ3) is 4.21. The van der Waals surface area contributed by atoms with E-state index in [0.29, 0.717) is 11.3 Å². The molecule has 2 rings (SSSR count). The molecule has 0 spiro atoms. The highest BCUT2D eigenvalue weighted by Crippen LogP contribution is 2.38. The van der Waals surface area contributed by atoms with Crippen molar-refractivity contribution >= 4 is 11.9 Å². The molecule has 0 aliphatic rings. The Morgan fingerprint density at radius 3 is 2.36 bits per heavy atom. The molecular weight excluding hydrogens is 316 g/mol. The van der Waals surface area contributed by atoms with Gasteiger partial charge in [-0.05, 0) is 54.3 Å². The topological polar surface area (TPSA) is 66.8 Å². The normalized spacial score (nSPS) is 11.7. The number of hydrogen-bond acceptors (Lipinski definition) is 4. The van der Waals surface area contributed by atoms with Crippen LogP contribution in [0.25, 0.3) is 6.08 Å². The lowest BCUT2D eigenvalue weighted by molar-refractivity contribution is 0.104. The van der Waals surface area contributed by atoms with E-state index < -0.39 is 0 Å². The molecule has 2 aromatic carbocycles. The average Bonchev–Trinajstić information content (AvgIpc) is 2.60. The summed E-state index contributed by atoms with van der Waals surface area (Å²) in [7, 11) is 1.53. The van der Waals surface area contributed by atoms with Crippen LogP contribution in [0.15, 0.2) is 42.5 Å². The molecule has 2 aromatic rings. The second-order valence-corrected chi connectivity index (χ2v) is 6.59. The first kappa shape index (κ1) is 18.6. The van der Waals surface area contributed by atoms with E-state index in [1.807, 2.05) is 6.07 Å². The quantitative estimate of drug-likeness (QED) is 0.591. The molecule has 132 valence electrons. The number of carbonyl (C=O) groups is 1. The predicted octanol–water partition coefficient (Wildman–Crippen LogP) is 4.69. The van der Waals surface area contributed by atoms with E-state index in [2.05, 4.69) is 20.8 Å². The van der Waals surface area contributed by atoms with Crippen LogP contribution in [0.4, 0.5) is 0 Å². The number of rotatable bonds is 6. The van der Waals surface area contributed by atoms with Crippen molar-refractivity contribution in [2.24, 2.45) is 0 Å². The fraction of sp³-hybridized carbons (Fsp3) is 0.286. The van der Waals surface area contributed by atoms with E-state index in [1.165, 1.54) is 25.3 Å². The summed E-state index contributed by atoms with van der Waals surface area (Å²) in [5.74, 6) is 0.632. The second kappa shape index (κ2) is 7.43. The number of phenols is 2. The summed E-state index contributed by atoms with van der Waals surface area (Å²) in [5.41, 5.74) is 1.83. The second-order valence-electron chi connectivity index (χ2n) is 6.59. The minimum absolute atomic E-state index is 0.118. The SMILES string of the molecule is CCC(C)(C)c1cc(C=CC(=O)c2ccc(O)cc2)c(OC)cc1O. The number of ether oxygens (including phenoxy) is 1. The molecule has 4 heteroatoms. The lowest BCUT2D eigenvalue weighted by Crippen LogP contribution is -2.16. The zero-order valence-electron chi connectivity index (χ0n) is 15.0. The van der Waals surface area contributed by atoms with E-state index in [1.54, 1.807) is 24.3 Å². The van der Waals surface area contributed by atoms with Crippen LogP contribution in [0, 0.1) is 0 Å². The maximum Gasteiger partial charge on any atom is 0.185 e. The summed E-state index contributed by atoms with van der Waals surface area (Å²) in [4.78, 5) is 12.3. The third-order valence-corrected chi connectivity index (χ3v) is 4.53. The molecule has 0 fully saturated rings. The third-order valence-electron chi connectivity index (χ3n) is 4.53. The van der Waals surface area contributed by atoms with Gasteiger partial charge in [-0.25, -0.2) is 0 Å². The van der Waals surface area contributed by atoms with E-state index in [-0.39, 0.29) is 22.7 Å². The number of aromatic hydroxyl groups is 2. The van der Waals surface area contributed by atoms with Crippen molar-refractivity contribution in [1.82, 2.24) is 0 Å². The average molecular weight is 340 g/mol. The van der Waals surface area contributed by atoms with Gasteiger partial charge in [-0.15, -0.1) is 0 Å². The molecule has 4 nitrogen and oxygen atoms in total. The molecule has 2 N–H and O–H groups in total. The van der Waals surface area contributed by atoms with Gasteiger partial charge in [0.05, 0.1) is 7.11 Å². The van der Waals surface area contributed by atoms with Gasteiger partial charge in [-0.2, -0.15) is 0 Å². The van der Waals surface area contributed by atoms with Gasteiger partial charge < -0.3 is 14.9 Å². The number of allylic oxidation sites excluding steroid dienone is 1. The van der Waals surface area contributed by atoms with E-state index in [0.717, 1.165) is 17.5 Å².